The van der Waals surface area contributed by atoms with Crippen LogP contribution in [0.5, 0.6) is 5.75 Å². The first-order valence-corrected chi connectivity index (χ1v) is 7.31. The maximum absolute atomic E-state index is 12.6. The van der Waals surface area contributed by atoms with Crippen LogP contribution in [-0.4, -0.2) is 30.6 Å². The van der Waals surface area contributed by atoms with Crippen molar-refractivity contribution in [2.24, 2.45) is 0 Å². The number of hydrogen-bond donors (Lipinski definition) is 1. The van der Waals surface area contributed by atoms with Crippen LogP contribution < -0.4 is 0 Å². The molecule has 1 N–H and O–H groups in total. The van der Waals surface area contributed by atoms with Crippen molar-refractivity contribution in [3.63, 3.8) is 0 Å². The van der Waals surface area contributed by atoms with Crippen LogP contribution in [0.15, 0.2) is 67.3 Å². The third-order valence-electron chi connectivity index (χ3n) is 3.73. The number of fused-ring (bicyclic) bond motifs is 1. The van der Waals surface area contributed by atoms with E-state index in [1.54, 1.807) is 47.5 Å². The quantitative estimate of drug-likeness (QED) is 0.588. The number of carbonyl (C=O) groups is 1. The molecule has 0 saturated carbocycles. The summed E-state index contributed by atoms with van der Waals surface area (Å²) in [4.78, 5) is 20.9. The summed E-state index contributed by atoms with van der Waals surface area (Å²) in [5, 5.41) is 14.9. The molecular weight excluding hydrogens is 304 g/mol. The molecule has 4 rings (SSSR count). The number of nitrogens with zero attached hydrogens (tertiary/aromatic N) is 4. The number of phenolic OH excluding ortho intramolecular Hbond substituents is 1. The number of ketones is 1. The van der Waals surface area contributed by atoms with E-state index >= 15 is 0 Å². The van der Waals surface area contributed by atoms with E-state index in [1.807, 2.05) is 12.1 Å². The molecule has 24 heavy (non-hydrogen) atoms. The van der Waals surface area contributed by atoms with E-state index in [0.717, 1.165) is 11.1 Å². The molecule has 0 fully saturated rings. The first kappa shape index (κ1) is 14.1. The van der Waals surface area contributed by atoms with Gasteiger partial charge in [0.15, 0.2) is 11.4 Å². The molecular formula is C18H12N4O2. The molecule has 3 aromatic heterocycles. The van der Waals surface area contributed by atoms with E-state index in [-0.39, 0.29) is 17.1 Å². The van der Waals surface area contributed by atoms with Gasteiger partial charge in [-0.2, -0.15) is 5.10 Å². The molecule has 4 aromatic rings. The highest BCUT2D eigenvalue weighted by atomic mass is 16.3. The molecule has 3 heterocycles. The summed E-state index contributed by atoms with van der Waals surface area (Å²) < 4.78 is 1.69. The van der Waals surface area contributed by atoms with Crippen LogP contribution in [0.2, 0.25) is 0 Å². The summed E-state index contributed by atoms with van der Waals surface area (Å²) in [6.07, 6.45) is 6.51. The Morgan fingerprint density at radius 1 is 1.04 bits per heavy atom. The van der Waals surface area contributed by atoms with Crippen molar-refractivity contribution < 1.29 is 9.90 Å². The standard InChI is InChI=1S/C18H12N4O2/c23-16-4-2-1-3-15(16)17(24)12-9-13-11-21-22(18(13)20-10-12)14-5-7-19-8-6-14/h1-11,23H. The predicted molar refractivity (Wildman–Crippen MR) is 88.2 cm³/mol. The minimum absolute atomic E-state index is 0.0462. The highest BCUT2D eigenvalue weighted by Crippen LogP contribution is 2.22. The van der Waals surface area contributed by atoms with Crippen LogP contribution in [0, 0.1) is 0 Å². The predicted octanol–water partition coefficient (Wildman–Crippen LogP) is 2.75. The average Bonchev–Trinajstić information content (AvgIpc) is 3.05. The van der Waals surface area contributed by atoms with Crippen LogP contribution in [0.4, 0.5) is 0 Å². The minimum atomic E-state index is -0.279. The van der Waals surface area contributed by atoms with Crippen molar-refractivity contribution in [3.8, 4) is 11.4 Å². The molecule has 6 heteroatoms. The molecule has 0 bridgehead atoms. The zero-order chi connectivity index (χ0) is 16.5. The molecule has 0 aliphatic heterocycles. The summed E-state index contributed by atoms with van der Waals surface area (Å²) in [6, 6.07) is 11.8. The molecule has 116 valence electrons. The summed E-state index contributed by atoms with van der Waals surface area (Å²) in [6.45, 7) is 0. The van der Waals surface area contributed by atoms with Crippen LogP contribution in [0.1, 0.15) is 15.9 Å². The van der Waals surface area contributed by atoms with Gasteiger partial charge in [0.25, 0.3) is 0 Å². The van der Waals surface area contributed by atoms with Gasteiger partial charge >= 0.3 is 0 Å². The zero-order valence-electron chi connectivity index (χ0n) is 12.5. The Balaban J connectivity index is 1.78. The summed E-state index contributed by atoms with van der Waals surface area (Å²) in [5.74, 6) is -0.325. The van der Waals surface area contributed by atoms with E-state index in [2.05, 4.69) is 15.1 Å². The van der Waals surface area contributed by atoms with Crippen LogP contribution in [0.3, 0.4) is 0 Å². The van der Waals surface area contributed by atoms with Crippen LogP contribution >= 0.6 is 0 Å². The van der Waals surface area contributed by atoms with E-state index in [0.29, 0.717) is 11.2 Å². The SMILES string of the molecule is O=C(c1cnc2c(cnn2-c2ccncc2)c1)c1ccccc1O. The third kappa shape index (κ3) is 2.30. The lowest BCUT2D eigenvalue weighted by Gasteiger charge is -2.05. The fourth-order valence-electron chi connectivity index (χ4n) is 2.54. The van der Waals surface area contributed by atoms with Gasteiger partial charge in [-0.15, -0.1) is 0 Å². The maximum Gasteiger partial charge on any atom is 0.198 e. The number of pyridine rings is 2. The van der Waals surface area contributed by atoms with Crippen molar-refractivity contribution in [2.45, 2.75) is 0 Å². The van der Waals surface area contributed by atoms with Gasteiger partial charge in [0.05, 0.1) is 17.4 Å². The lowest BCUT2D eigenvalue weighted by Crippen LogP contribution is -2.03. The van der Waals surface area contributed by atoms with Gasteiger partial charge < -0.3 is 5.11 Å². The molecule has 0 spiro atoms. The van der Waals surface area contributed by atoms with Crippen LogP contribution in [-0.2, 0) is 0 Å². The maximum atomic E-state index is 12.6. The Kier molecular flexibility index (Phi) is 3.28. The first-order chi connectivity index (χ1) is 11.7. The van der Waals surface area contributed by atoms with E-state index in [4.69, 9.17) is 0 Å². The minimum Gasteiger partial charge on any atom is -0.507 e. The largest absolute Gasteiger partial charge is 0.507 e. The summed E-state index contributed by atoms with van der Waals surface area (Å²) in [7, 11) is 0. The topological polar surface area (TPSA) is 80.9 Å². The highest BCUT2D eigenvalue weighted by Gasteiger charge is 2.15. The molecule has 0 radical (unpaired) electrons. The number of para-hydroxylation sites is 1. The Morgan fingerprint density at radius 2 is 1.83 bits per heavy atom. The highest BCUT2D eigenvalue weighted by molar-refractivity contribution is 6.11. The number of aromatic nitrogens is 4. The smallest absolute Gasteiger partial charge is 0.198 e. The number of aromatic hydroxyl groups is 1. The fraction of sp³-hybridized carbons (Fsp3) is 0. The van der Waals surface area contributed by atoms with Crippen molar-refractivity contribution in [2.75, 3.05) is 0 Å². The van der Waals surface area contributed by atoms with Gasteiger partial charge in [-0.1, -0.05) is 12.1 Å². The Hall–Kier alpha value is -3.54. The second-order valence-corrected chi connectivity index (χ2v) is 5.24. The van der Waals surface area contributed by atoms with Gasteiger partial charge in [0.2, 0.25) is 0 Å². The average molecular weight is 316 g/mol. The first-order valence-electron chi connectivity index (χ1n) is 7.31. The third-order valence-corrected chi connectivity index (χ3v) is 3.73. The Bertz CT molecular complexity index is 1040. The molecule has 6 nitrogen and oxygen atoms in total. The number of carbonyl (C=O) groups excluding carboxylic acids is 1. The van der Waals surface area contributed by atoms with Crippen molar-refractivity contribution in [3.05, 3.63) is 78.4 Å². The fourth-order valence-corrected chi connectivity index (χ4v) is 2.54. The molecule has 0 aliphatic carbocycles. The molecule has 1 aromatic carbocycles. The van der Waals surface area contributed by atoms with Gasteiger partial charge in [0.1, 0.15) is 5.75 Å². The monoisotopic (exact) mass is 316 g/mol. The Morgan fingerprint density at radius 3 is 2.62 bits per heavy atom. The number of rotatable bonds is 3. The normalized spacial score (nSPS) is 10.8. The number of hydrogen-bond acceptors (Lipinski definition) is 5. The summed E-state index contributed by atoms with van der Waals surface area (Å²) >= 11 is 0. The molecule has 0 atom stereocenters. The van der Waals surface area contributed by atoms with Gasteiger partial charge in [0, 0.05) is 29.5 Å². The number of benzene rings is 1. The lowest BCUT2D eigenvalue weighted by molar-refractivity contribution is 0.103. The molecule has 0 amide bonds. The number of phenols is 1. The van der Waals surface area contributed by atoms with Gasteiger partial charge in [-0.3, -0.25) is 9.78 Å². The van der Waals surface area contributed by atoms with Crippen LogP contribution in [0.25, 0.3) is 16.7 Å². The van der Waals surface area contributed by atoms with Crippen molar-refractivity contribution in [1.82, 2.24) is 19.7 Å². The van der Waals surface area contributed by atoms with E-state index in [1.165, 1.54) is 12.3 Å². The van der Waals surface area contributed by atoms with E-state index in [9.17, 15) is 9.90 Å². The lowest BCUT2D eigenvalue weighted by atomic mass is 10.0. The van der Waals surface area contributed by atoms with Gasteiger partial charge in [-0.05, 0) is 30.3 Å². The zero-order valence-corrected chi connectivity index (χ0v) is 12.5. The molecule has 0 saturated heterocycles. The van der Waals surface area contributed by atoms with E-state index < -0.39 is 0 Å². The van der Waals surface area contributed by atoms with Gasteiger partial charge in [-0.25, -0.2) is 9.67 Å². The second kappa shape index (κ2) is 5.58. The summed E-state index contributed by atoms with van der Waals surface area (Å²) in [5.41, 5.74) is 2.14. The second-order valence-electron chi connectivity index (χ2n) is 5.24. The Labute approximate surface area is 137 Å². The van der Waals surface area contributed by atoms with Crippen molar-refractivity contribution in [1.29, 1.82) is 0 Å². The molecule has 0 unspecified atom stereocenters. The molecule has 0 aliphatic rings. The van der Waals surface area contributed by atoms with Crippen molar-refractivity contribution >= 4 is 16.8 Å².